The molecule has 1 aromatic carbocycles. The number of ether oxygens (including phenoxy) is 1. The molecular weight excluding hydrogens is 286 g/mol. The van der Waals surface area contributed by atoms with Crippen LogP contribution in [0.1, 0.15) is 6.42 Å². The highest BCUT2D eigenvalue weighted by molar-refractivity contribution is 9.10. The van der Waals surface area contributed by atoms with Crippen LogP contribution in [0.3, 0.4) is 0 Å². The maximum Gasteiger partial charge on any atom is 0.308 e. The van der Waals surface area contributed by atoms with Gasteiger partial charge in [-0.2, -0.15) is 0 Å². The van der Waals surface area contributed by atoms with Gasteiger partial charge >= 0.3 is 5.97 Å². The fourth-order valence-electron chi connectivity index (χ4n) is 1.48. The average Bonchev–Trinajstić information content (AvgIpc) is 2.28. The molecule has 0 aliphatic rings. The Labute approximate surface area is 109 Å². The third kappa shape index (κ3) is 4.75. The largest absolute Gasteiger partial charge is 0.469 e. The van der Waals surface area contributed by atoms with Gasteiger partial charge in [0, 0.05) is 23.8 Å². The molecule has 1 aromatic rings. The quantitative estimate of drug-likeness (QED) is 0.843. The van der Waals surface area contributed by atoms with Gasteiger partial charge in [-0.1, -0.05) is 22.0 Å². The molecule has 5 heteroatoms. The van der Waals surface area contributed by atoms with Gasteiger partial charge in [0.1, 0.15) is 0 Å². The van der Waals surface area contributed by atoms with E-state index in [0.29, 0.717) is 6.54 Å². The standard InChI is InChI=1S/C12H16BrNO3/c1-14(8-11(15)7-12(16)17-2)10-5-3-4-9(13)6-10/h3-6,11,15H,7-8H2,1-2H3. The molecule has 0 bridgehead atoms. The molecule has 0 aliphatic heterocycles. The molecule has 0 saturated heterocycles. The zero-order valence-electron chi connectivity index (χ0n) is 9.89. The molecule has 1 N–H and O–H groups in total. The van der Waals surface area contributed by atoms with Crippen LogP contribution in [0, 0.1) is 0 Å². The van der Waals surface area contributed by atoms with Crippen molar-refractivity contribution in [2.75, 3.05) is 25.6 Å². The van der Waals surface area contributed by atoms with E-state index in [4.69, 9.17) is 0 Å². The summed E-state index contributed by atoms with van der Waals surface area (Å²) in [5.41, 5.74) is 0.975. The number of carbonyl (C=O) groups excluding carboxylic acids is 1. The topological polar surface area (TPSA) is 49.8 Å². The maximum absolute atomic E-state index is 11.0. The number of hydrogen-bond donors (Lipinski definition) is 1. The molecule has 0 aliphatic carbocycles. The van der Waals surface area contributed by atoms with Crippen molar-refractivity contribution in [3.05, 3.63) is 28.7 Å². The number of carbonyl (C=O) groups is 1. The van der Waals surface area contributed by atoms with E-state index in [1.54, 1.807) is 0 Å². The number of aliphatic hydroxyl groups excluding tert-OH is 1. The Balaban J connectivity index is 2.54. The van der Waals surface area contributed by atoms with Gasteiger partial charge < -0.3 is 14.7 Å². The molecule has 1 rings (SSSR count). The molecule has 0 heterocycles. The average molecular weight is 302 g/mol. The number of esters is 1. The minimum Gasteiger partial charge on any atom is -0.469 e. The van der Waals surface area contributed by atoms with Gasteiger partial charge in [0.05, 0.1) is 19.6 Å². The molecule has 0 fully saturated rings. The van der Waals surface area contributed by atoms with Crippen LogP contribution >= 0.6 is 15.9 Å². The summed E-state index contributed by atoms with van der Waals surface area (Å²) >= 11 is 3.38. The third-order valence-corrected chi connectivity index (χ3v) is 2.86. The van der Waals surface area contributed by atoms with Crippen molar-refractivity contribution in [1.29, 1.82) is 0 Å². The predicted molar refractivity (Wildman–Crippen MR) is 70.1 cm³/mol. The SMILES string of the molecule is COC(=O)CC(O)CN(C)c1cccc(Br)c1. The summed E-state index contributed by atoms with van der Waals surface area (Å²) in [7, 11) is 3.18. The van der Waals surface area contributed by atoms with E-state index in [2.05, 4.69) is 20.7 Å². The van der Waals surface area contributed by atoms with Gasteiger partial charge in [0.2, 0.25) is 0 Å². The van der Waals surface area contributed by atoms with E-state index in [1.807, 2.05) is 36.2 Å². The second kappa shape index (κ2) is 6.61. The lowest BCUT2D eigenvalue weighted by Gasteiger charge is -2.22. The fourth-order valence-corrected chi connectivity index (χ4v) is 1.86. The van der Waals surface area contributed by atoms with Crippen LogP contribution in [0.2, 0.25) is 0 Å². The maximum atomic E-state index is 11.0. The third-order valence-electron chi connectivity index (χ3n) is 2.36. The smallest absolute Gasteiger partial charge is 0.308 e. The Bertz CT molecular complexity index is 384. The van der Waals surface area contributed by atoms with E-state index >= 15 is 0 Å². The second-order valence-corrected chi connectivity index (χ2v) is 4.71. The van der Waals surface area contributed by atoms with Crippen molar-refractivity contribution >= 4 is 27.6 Å². The Morgan fingerprint density at radius 2 is 2.29 bits per heavy atom. The first-order chi connectivity index (χ1) is 8.02. The number of aliphatic hydroxyl groups is 1. The van der Waals surface area contributed by atoms with Gasteiger partial charge in [-0.05, 0) is 18.2 Å². The summed E-state index contributed by atoms with van der Waals surface area (Å²) in [6.45, 7) is 0.381. The Morgan fingerprint density at radius 1 is 1.59 bits per heavy atom. The number of rotatable bonds is 5. The first kappa shape index (κ1) is 14.0. The zero-order valence-corrected chi connectivity index (χ0v) is 11.5. The van der Waals surface area contributed by atoms with Crippen LogP contribution in [0.15, 0.2) is 28.7 Å². The molecule has 0 spiro atoms. The molecule has 17 heavy (non-hydrogen) atoms. The van der Waals surface area contributed by atoms with Crippen LogP contribution in [-0.4, -0.2) is 37.9 Å². The van der Waals surface area contributed by atoms with E-state index in [1.165, 1.54) is 7.11 Å². The molecular formula is C12H16BrNO3. The van der Waals surface area contributed by atoms with Gasteiger partial charge in [-0.3, -0.25) is 4.79 Å². The number of likely N-dealkylation sites (N-methyl/N-ethyl adjacent to an activating group) is 1. The van der Waals surface area contributed by atoms with E-state index in [-0.39, 0.29) is 6.42 Å². The van der Waals surface area contributed by atoms with Gasteiger partial charge in [0.15, 0.2) is 0 Å². The van der Waals surface area contributed by atoms with Crippen LogP contribution < -0.4 is 4.90 Å². The summed E-state index contributed by atoms with van der Waals surface area (Å²) < 4.78 is 5.48. The van der Waals surface area contributed by atoms with Gasteiger partial charge in [-0.15, -0.1) is 0 Å². The highest BCUT2D eigenvalue weighted by Gasteiger charge is 2.13. The van der Waals surface area contributed by atoms with E-state index < -0.39 is 12.1 Å². The normalized spacial score (nSPS) is 12.0. The molecule has 0 radical (unpaired) electrons. The molecule has 0 amide bonds. The summed E-state index contributed by atoms with van der Waals surface area (Å²) in [5, 5.41) is 9.70. The number of methoxy groups -OCH3 is 1. The minimum absolute atomic E-state index is 0.00877. The fraction of sp³-hybridized carbons (Fsp3) is 0.417. The number of benzene rings is 1. The molecule has 0 saturated carbocycles. The van der Waals surface area contributed by atoms with Crippen molar-refractivity contribution in [2.24, 2.45) is 0 Å². The van der Waals surface area contributed by atoms with Crippen LogP contribution in [0.5, 0.6) is 0 Å². The van der Waals surface area contributed by atoms with Crippen molar-refractivity contribution in [1.82, 2.24) is 0 Å². The zero-order chi connectivity index (χ0) is 12.8. The van der Waals surface area contributed by atoms with Crippen molar-refractivity contribution in [3.8, 4) is 0 Å². The second-order valence-electron chi connectivity index (χ2n) is 3.79. The lowest BCUT2D eigenvalue weighted by molar-refractivity contribution is -0.142. The van der Waals surface area contributed by atoms with Crippen LogP contribution in [0.25, 0.3) is 0 Å². The Hall–Kier alpha value is -1.07. The molecule has 0 aromatic heterocycles. The first-order valence-corrected chi connectivity index (χ1v) is 6.04. The summed E-state index contributed by atoms with van der Waals surface area (Å²) in [6.07, 6.45) is -0.721. The van der Waals surface area contributed by atoms with E-state index in [9.17, 15) is 9.90 Å². The molecule has 94 valence electrons. The van der Waals surface area contributed by atoms with Crippen molar-refractivity contribution in [2.45, 2.75) is 12.5 Å². The number of hydrogen-bond acceptors (Lipinski definition) is 4. The lowest BCUT2D eigenvalue weighted by Crippen LogP contribution is -2.30. The number of nitrogens with zero attached hydrogens (tertiary/aromatic N) is 1. The number of halogens is 1. The first-order valence-electron chi connectivity index (χ1n) is 5.24. The summed E-state index contributed by atoms with van der Waals surface area (Å²) in [4.78, 5) is 12.9. The van der Waals surface area contributed by atoms with Crippen LogP contribution in [-0.2, 0) is 9.53 Å². The Kier molecular flexibility index (Phi) is 5.44. The lowest BCUT2D eigenvalue weighted by atomic mass is 10.2. The highest BCUT2D eigenvalue weighted by Crippen LogP contribution is 2.19. The molecule has 1 atom stereocenters. The van der Waals surface area contributed by atoms with Crippen molar-refractivity contribution in [3.63, 3.8) is 0 Å². The van der Waals surface area contributed by atoms with Gasteiger partial charge in [0.25, 0.3) is 0 Å². The van der Waals surface area contributed by atoms with Gasteiger partial charge in [-0.25, -0.2) is 0 Å². The summed E-state index contributed by atoms with van der Waals surface area (Å²) in [6, 6.07) is 7.74. The monoisotopic (exact) mass is 301 g/mol. The predicted octanol–water partition coefficient (Wildman–Crippen LogP) is 1.81. The van der Waals surface area contributed by atoms with Crippen molar-refractivity contribution < 1.29 is 14.6 Å². The Morgan fingerprint density at radius 3 is 2.88 bits per heavy atom. The van der Waals surface area contributed by atoms with E-state index in [0.717, 1.165) is 10.2 Å². The summed E-state index contributed by atoms with van der Waals surface area (Å²) in [5.74, 6) is -0.403. The minimum atomic E-state index is -0.730. The highest BCUT2D eigenvalue weighted by atomic mass is 79.9. The molecule has 4 nitrogen and oxygen atoms in total. The van der Waals surface area contributed by atoms with Crippen LogP contribution in [0.4, 0.5) is 5.69 Å². The molecule has 1 unspecified atom stereocenters. The number of anilines is 1.